The number of pyridine rings is 1. The second-order valence-corrected chi connectivity index (χ2v) is 6.64. The average molecular weight is 377 g/mol. The topological polar surface area (TPSA) is 58.4 Å². The number of nitrogens with zero attached hydrogens (tertiary/aromatic N) is 2. The quantitative estimate of drug-likeness (QED) is 0.488. The van der Waals surface area contributed by atoms with Gasteiger partial charge >= 0.3 is 6.03 Å². The Morgan fingerprint density at radius 3 is 2.74 bits per heavy atom. The molecule has 2 heterocycles. The van der Waals surface area contributed by atoms with Gasteiger partial charge in [-0.05, 0) is 48.9 Å². The highest BCUT2D eigenvalue weighted by molar-refractivity contribution is 6.33. The molecule has 0 saturated heterocycles. The lowest BCUT2D eigenvalue weighted by molar-refractivity contribution is 0.262. The first-order valence-corrected chi connectivity index (χ1v) is 8.85. The molecule has 0 aliphatic carbocycles. The molecule has 2 aromatic heterocycles. The Morgan fingerprint density at radius 1 is 1.04 bits per heavy atom. The molecule has 0 spiro atoms. The molecule has 2 amide bonds. The van der Waals surface area contributed by atoms with Crippen molar-refractivity contribution >= 4 is 34.7 Å². The Bertz CT molecular complexity index is 1100. The number of aryl methyl sites for hydroxylation is 1. The Hall–Kier alpha value is -3.31. The van der Waals surface area contributed by atoms with Crippen molar-refractivity contribution in [3.05, 3.63) is 83.6 Å². The second-order valence-electron chi connectivity index (χ2n) is 6.24. The number of halogens is 1. The van der Waals surface area contributed by atoms with Crippen LogP contribution in [-0.2, 0) is 0 Å². The molecule has 2 N–H and O–H groups in total. The monoisotopic (exact) mass is 376 g/mol. The molecule has 27 heavy (non-hydrogen) atoms. The molecule has 5 nitrogen and oxygen atoms in total. The minimum Gasteiger partial charge on any atom is -0.308 e. The molecule has 0 saturated carbocycles. The number of carbonyl (C=O) groups excluding carboxylic acids is 1. The summed E-state index contributed by atoms with van der Waals surface area (Å²) in [6.45, 7) is 1.95. The van der Waals surface area contributed by atoms with Crippen molar-refractivity contribution in [2.24, 2.45) is 0 Å². The number of carbonyl (C=O) groups is 1. The largest absolute Gasteiger partial charge is 0.323 e. The molecule has 134 valence electrons. The minimum absolute atomic E-state index is 0.354. The highest BCUT2D eigenvalue weighted by Crippen LogP contribution is 2.24. The molecule has 4 aromatic rings. The number of urea groups is 1. The zero-order valence-electron chi connectivity index (χ0n) is 14.6. The predicted molar refractivity (Wildman–Crippen MR) is 109 cm³/mol. The summed E-state index contributed by atoms with van der Waals surface area (Å²) >= 11 is 6.17. The van der Waals surface area contributed by atoms with Gasteiger partial charge in [-0.15, -0.1) is 0 Å². The molecule has 2 aromatic carbocycles. The van der Waals surface area contributed by atoms with E-state index in [4.69, 9.17) is 11.6 Å². The van der Waals surface area contributed by atoms with Gasteiger partial charge in [-0.25, -0.2) is 9.78 Å². The Labute approximate surface area is 161 Å². The van der Waals surface area contributed by atoms with Crippen LogP contribution >= 0.6 is 11.6 Å². The maximum atomic E-state index is 12.3. The van der Waals surface area contributed by atoms with E-state index in [2.05, 4.69) is 15.6 Å². The highest BCUT2D eigenvalue weighted by Gasteiger charge is 2.08. The first-order valence-electron chi connectivity index (χ1n) is 8.47. The van der Waals surface area contributed by atoms with E-state index < -0.39 is 0 Å². The van der Waals surface area contributed by atoms with Crippen LogP contribution in [0.25, 0.3) is 16.9 Å². The van der Waals surface area contributed by atoms with E-state index in [-0.39, 0.29) is 6.03 Å². The fourth-order valence-electron chi connectivity index (χ4n) is 2.84. The second kappa shape index (κ2) is 7.13. The van der Waals surface area contributed by atoms with Crippen molar-refractivity contribution in [3.8, 4) is 11.3 Å². The highest BCUT2D eigenvalue weighted by atomic mass is 35.5. The van der Waals surface area contributed by atoms with E-state index in [1.165, 1.54) is 0 Å². The van der Waals surface area contributed by atoms with Crippen molar-refractivity contribution in [1.82, 2.24) is 9.38 Å². The molecular weight excluding hydrogens is 360 g/mol. The molecule has 0 bridgehead atoms. The number of aromatic nitrogens is 2. The summed E-state index contributed by atoms with van der Waals surface area (Å²) in [5, 5.41) is 6.10. The molecule has 0 aliphatic heterocycles. The van der Waals surface area contributed by atoms with Crippen molar-refractivity contribution in [3.63, 3.8) is 0 Å². The zero-order chi connectivity index (χ0) is 18.8. The van der Waals surface area contributed by atoms with Crippen LogP contribution in [-0.4, -0.2) is 15.4 Å². The standard InChI is InChI=1S/C21H17ClN4O/c1-14-8-9-18(17(22)11-14)25-21(27)23-16-6-4-5-15(12-16)19-13-26-10-3-2-7-20(26)24-19/h2-13H,1H3,(H2,23,25,27). The van der Waals surface area contributed by atoms with Crippen molar-refractivity contribution < 1.29 is 4.79 Å². The fraction of sp³-hybridized carbons (Fsp3) is 0.0476. The SMILES string of the molecule is Cc1ccc(NC(=O)Nc2cccc(-c3cn4ccccc4n3)c2)c(Cl)c1. The third kappa shape index (κ3) is 3.78. The van der Waals surface area contributed by atoms with Gasteiger partial charge in [-0.3, -0.25) is 0 Å². The maximum Gasteiger partial charge on any atom is 0.323 e. The lowest BCUT2D eigenvalue weighted by Crippen LogP contribution is -2.19. The molecule has 4 rings (SSSR count). The van der Waals surface area contributed by atoms with Crippen LogP contribution in [0.5, 0.6) is 0 Å². The molecule has 6 heteroatoms. The molecule has 0 aliphatic rings. The maximum absolute atomic E-state index is 12.3. The Kier molecular flexibility index (Phi) is 4.52. The summed E-state index contributed by atoms with van der Waals surface area (Å²) in [5.41, 5.74) is 4.90. The van der Waals surface area contributed by atoms with Crippen molar-refractivity contribution in [2.75, 3.05) is 10.6 Å². The molecular formula is C21H17ClN4O. The third-order valence-electron chi connectivity index (χ3n) is 4.15. The number of rotatable bonds is 3. The molecule has 0 fully saturated rings. The van der Waals surface area contributed by atoms with Crippen LogP contribution < -0.4 is 10.6 Å². The van der Waals surface area contributed by atoms with Crippen molar-refractivity contribution in [2.45, 2.75) is 6.92 Å². The summed E-state index contributed by atoms with van der Waals surface area (Å²) in [5.74, 6) is 0. The minimum atomic E-state index is -0.354. The van der Waals surface area contributed by atoms with Gasteiger partial charge in [0.1, 0.15) is 5.65 Å². The molecule has 0 radical (unpaired) electrons. The zero-order valence-corrected chi connectivity index (χ0v) is 15.4. The van der Waals surface area contributed by atoms with E-state index in [1.807, 2.05) is 72.2 Å². The summed E-state index contributed by atoms with van der Waals surface area (Å²) in [4.78, 5) is 16.9. The number of imidazole rings is 1. The van der Waals surface area contributed by atoms with Crippen LogP contribution in [0.3, 0.4) is 0 Å². The van der Waals surface area contributed by atoms with Crippen LogP contribution in [0.2, 0.25) is 5.02 Å². The Balaban J connectivity index is 1.53. The predicted octanol–water partition coefficient (Wildman–Crippen LogP) is 5.61. The van der Waals surface area contributed by atoms with E-state index in [0.29, 0.717) is 16.4 Å². The summed E-state index contributed by atoms with van der Waals surface area (Å²) in [6.07, 6.45) is 3.91. The van der Waals surface area contributed by atoms with Gasteiger partial charge in [-0.1, -0.05) is 35.9 Å². The normalized spacial score (nSPS) is 10.7. The Morgan fingerprint density at radius 2 is 1.93 bits per heavy atom. The first-order chi connectivity index (χ1) is 13.1. The van der Waals surface area contributed by atoms with Crippen LogP contribution in [0.15, 0.2) is 73.1 Å². The number of benzene rings is 2. The van der Waals surface area contributed by atoms with Gasteiger partial charge in [0.2, 0.25) is 0 Å². The van der Waals surface area contributed by atoms with Gasteiger partial charge in [0.05, 0.1) is 16.4 Å². The van der Waals surface area contributed by atoms with E-state index in [9.17, 15) is 4.79 Å². The van der Waals surface area contributed by atoms with Gasteiger partial charge < -0.3 is 15.0 Å². The lowest BCUT2D eigenvalue weighted by atomic mass is 10.1. The number of hydrogen-bond acceptors (Lipinski definition) is 2. The van der Waals surface area contributed by atoms with E-state index >= 15 is 0 Å². The van der Waals surface area contributed by atoms with Crippen LogP contribution in [0.1, 0.15) is 5.56 Å². The number of hydrogen-bond donors (Lipinski definition) is 2. The number of anilines is 2. The first kappa shape index (κ1) is 17.1. The summed E-state index contributed by atoms with van der Waals surface area (Å²) < 4.78 is 1.96. The number of amides is 2. The lowest BCUT2D eigenvalue weighted by Gasteiger charge is -2.10. The van der Waals surface area contributed by atoms with Crippen molar-refractivity contribution in [1.29, 1.82) is 0 Å². The number of nitrogens with one attached hydrogen (secondary N) is 2. The smallest absolute Gasteiger partial charge is 0.308 e. The average Bonchev–Trinajstić information content (AvgIpc) is 3.08. The van der Waals surface area contributed by atoms with Crippen LogP contribution in [0.4, 0.5) is 16.2 Å². The fourth-order valence-corrected chi connectivity index (χ4v) is 3.12. The van der Waals surface area contributed by atoms with Gasteiger partial charge in [0.15, 0.2) is 0 Å². The molecule has 0 unspecified atom stereocenters. The van der Waals surface area contributed by atoms with E-state index in [0.717, 1.165) is 22.5 Å². The molecule has 0 atom stereocenters. The summed E-state index contributed by atoms with van der Waals surface area (Å²) in [7, 11) is 0. The third-order valence-corrected chi connectivity index (χ3v) is 4.47. The van der Waals surface area contributed by atoms with E-state index in [1.54, 1.807) is 12.1 Å². The van der Waals surface area contributed by atoms with Gasteiger partial charge in [-0.2, -0.15) is 0 Å². The van der Waals surface area contributed by atoms with Gasteiger partial charge in [0, 0.05) is 23.6 Å². The number of fused-ring (bicyclic) bond motifs is 1. The summed E-state index contributed by atoms with van der Waals surface area (Å²) in [6, 6.07) is 18.5. The van der Waals surface area contributed by atoms with Gasteiger partial charge in [0.25, 0.3) is 0 Å². The van der Waals surface area contributed by atoms with Crippen LogP contribution in [0, 0.1) is 6.92 Å².